The Morgan fingerprint density at radius 3 is 2.55 bits per heavy atom. The highest BCUT2D eigenvalue weighted by atomic mass is 16.3. The number of hydrogen-bond donors (Lipinski definition) is 2. The second-order valence-electron chi connectivity index (χ2n) is 4.99. The summed E-state index contributed by atoms with van der Waals surface area (Å²) in [6.07, 6.45) is 1.11. The van der Waals surface area contributed by atoms with Crippen LogP contribution in [0.5, 0.6) is 0 Å². The molecule has 5 nitrogen and oxygen atoms in total. The molecular weight excluding hydrogens is 278 g/mol. The summed E-state index contributed by atoms with van der Waals surface area (Å²) in [5, 5.41) is 15.6. The van der Waals surface area contributed by atoms with Gasteiger partial charge >= 0.3 is 5.69 Å². The number of aliphatic hydroxyl groups excluding tert-OH is 1. The minimum atomic E-state index is -0.267. The maximum Gasteiger partial charge on any atom is 0.347 e. The Labute approximate surface area is 127 Å². The number of rotatable bonds is 5. The van der Waals surface area contributed by atoms with E-state index in [4.69, 9.17) is 5.11 Å². The molecule has 0 aliphatic rings. The minimum Gasteiger partial charge on any atom is -0.396 e. The number of benzene rings is 2. The van der Waals surface area contributed by atoms with Gasteiger partial charge in [0.25, 0.3) is 0 Å². The zero-order valence-corrected chi connectivity index (χ0v) is 12.1. The van der Waals surface area contributed by atoms with E-state index in [1.165, 1.54) is 0 Å². The molecule has 3 aromatic rings. The van der Waals surface area contributed by atoms with Crippen molar-refractivity contribution < 1.29 is 5.11 Å². The first kappa shape index (κ1) is 14.3. The number of aryl methyl sites for hydroxylation is 1. The largest absolute Gasteiger partial charge is 0.396 e. The van der Waals surface area contributed by atoms with Gasteiger partial charge in [-0.1, -0.05) is 48.5 Å². The number of H-pyrrole nitrogens is 1. The maximum atomic E-state index is 12.2. The van der Waals surface area contributed by atoms with Crippen molar-refractivity contribution in [3.63, 3.8) is 0 Å². The van der Waals surface area contributed by atoms with E-state index in [-0.39, 0.29) is 12.3 Å². The van der Waals surface area contributed by atoms with Gasteiger partial charge in [0.2, 0.25) is 0 Å². The average molecular weight is 295 g/mol. The molecule has 0 amide bonds. The molecule has 0 aliphatic carbocycles. The summed E-state index contributed by atoms with van der Waals surface area (Å²) >= 11 is 0. The van der Waals surface area contributed by atoms with Crippen LogP contribution >= 0.6 is 0 Å². The Hall–Kier alpha value is -2.66. The molecule has 0 saturated heterocycles. The highest BCUT2D eigenvalue weighted by Crippen LogP contribution is 2.26. The summed E-state index contributed by atoms with van der Waals surface area (Å²) in [7, 11) is 0. The summed E-state index contributed by atoms with van der Waals surface area (Å²) in [5.74, 6) is 0.627. The second kappa shape index (κ2) is 6.41. The Morgan fingerprint density at radius 1 is 1.05 bits per heavy atom. The fourth-order valence-corrected chi connectivity index (χ4v) is 2.51. The summed E-state index contributed by atoms with van der Waals surface area (Å²) in [6, 6.07) is 17.7. The first-order chi connectivity index (χ1) is 10.8. The van der Waals surface area contributed by atoms with Crippen molar-refractivity contribution in [2.24, 2.45) is 0 Å². The predicted molar refractivity (Wildman–Crippen MR) is 85.0 cm³/mol. The zero-order chi connectivity index (χ0) is 15.4. The summed E-state index contributed by atoms with van der Waals surface area (Å²) < 4.78 is 1.58. The van der Waals surface area contributed by atoms with Crippen LogP contribution in [-0.4, -0.2) is 26.5 Å². The van der Waals surface area contributed by atoms with Crippen molar-refractivity contribution in [1.29, 1.82) is 0 Å². The molecule has 0 aliphatic heterocycles. The van der Waals surface area contributed by atoms with Crippen molar-refractivity contribution in [3.8, 4) is 16.8 Å². The third-order valence-corrected chi connectivity index (χ3v) is 3.53. The molecule has 2 N–H and O–H groups in total. The quantitative estimate of drug-likeness (QED) is 0.757. The molecule has 1 heterocycles. The molecule has 0 fully saturated rings. The summed E-state index contributed by atoms with van der Waals surface area (Å²) in [6.45, 7) is 0.0708. The van der Waals surface area contributed by atoms with Gasteiger partial charge in [-0.3, -0.25) is 0 Å². The molecule has 22 heavy (non-hydrogen) atoms. The monoisotopic (exact) mass is 295 g/mol. The lowest BCUT2D eigenvalue weighted by molar-refractivity contribution is 0.287. The van der Waals surface area contributed by atoms with E-state index in [2.05, 4.69) is 10.2 Å². The van der Waals surface area contributed by atoms with Crippen LogP contribution in [0.3, 0.4) is 0 Å². The molecule has 0 bridgehead atoms. The van der Waals surface area contributed by atoms with Crippen LogP contribution in [0.15, 0.2) is 59.4 Å². The number of hydrogen-bond acceptors (Lipinski definition) is 3. The van der Waals surface area contributed by atoms with Gasteiger partial charge in [0.15, 0.2) is 0 Å². The second-order valence-corrected chi connectivity index (χ2v) is 4.99. The van der Waals surface area contributed by atoms with Gasteiger partial charge in [0, 0.05) is 18.6 Å². The van der Waals surface area contributed by atoms with Gasteiger partial charge in [0.1, 0.15) is 5.82 Å². The van der Waals surface area contributed by atoms with E-state index in [0.29, 0.717) is 18.7 Å². The van der Waals surface area contributed by atoms with Crippen LogP contribution < -0.4 is 5.69 Å². The maximum absolute atomic E-state index is 12.2. The molecule has 0 radical (unpaired) electrons. The Morgan fingerprint density at radius 2 is 1.77 bits per heavy atom. The van der Waals surface area contributed by atoms with Crippen LogP contribution in [0.25, 0.3) is 16.8 Å². The third kappa shape index (κ3) is 2.71. The molecule has 3 rings (SSSR count). The smallest absolute Gasteiger partial charge is 0.347 e. The minimum absolute atomic E-state index is 0.0708. The molecule has 0 spiro atoms. The average Bonchev–Trinajstić information content (AvgIpc) is 2.94. The molecular formula is C17H17N3O2. The van der Waals surface area contributed by atoms with Crippen LogP contribution in [-0.2, 0) is 6.42 Å². The molecule has 0 unspecified atom stereocenters. The first-order valence-corrected chi connectivity index (χ1v) is 7.23. The number of para-hydroxylation sites is 1. The number of nitrogens with zero attached hydrogens (tertiary/aromatic N) is 2. The van der Waals surface area contributed by atoms with Gasteiger partial charge in [-0.25, -0.2) is 14.5 Å². The van der Waals surface area contributed by atoms with Crippen LogP contribution in [0, 0.1) is 0 Å². The third-order valence-electron chi connectivity index (χ3n) is 3.53. The highest BCUT2D eigenvalue weighted by Gasteiger charge is 2.14. The van der Waals surface area contributed by atoms with Gasteiger partial charge < -0.3 is 5.11 Å². The van der Waals surface area contributed by atoms with E-state index in [9.17, 15) is 4.79 Å². The van der Waals surface area contributed by atoms with E-state index >= 15 is 0 Å². The van der Waals surface area contributed by atoms with Crippen LogP contribution in [0.2, 0.25) is 0 Å². The number of nitrogens with one attached hydrogen (secondary N) is 1. The van der Waals surface area contributed by atoms with E-state index in [1.807, 2.05) is 54.6 Å². The van der Waals surface area contributed by atoms with Gasteiger partial charge in [0.05, 0.1) is 5.69 Å². The number of aromatic nitrogens is 3. The van der Waals surface area contributed by atoms with Crippen molar-refractivity contribution in [2.75, 3.05) is 6.61 Å². The highest BCUT2D eigenvalue weighted by molar-refractivity contribution is 5.72. The van der Waals surface area contributed by atoms with Crippen molar-refractivity contribution in [1.82, 2.24) is 14.8 Å². The van der Waals surface area contributed by atoms with Gasteiger partial charge in [-0.2, -0.15) is 5.10 Å². The van der Waals surface area contributed by atoms with E-state index in [0.717, 1.165) is 16.8 Å². The van der Waals surface area contributed by atoms with Crippen LogP contribution in [0.1, 0.15) is 12.2 Å². The zero-order valence-electron chi connectivity index (χ0n) is 12.1. The molecule has 2 aromatic carbocycles. The predicted octanol–water partition coefficient (Wildman–Crippen LogP) is 2.15. The lowest BCUT2D eigenvalue weighted by Gasteiger charge is -2.11. The Bertz CT molecular complexity index is 806. The Kier molecular flexibility index (Phi) is 4.16. The fourth-order valence-electron chi connectivity index (χ4n) is 2.51. The van der Waals surface area contributed by atoms with Crippen molar-refractivity contribution >= 4 is 0 Å². The fraction of sp³-hybridized carbons (Fsp3) is 0.176. The topological polar surface area (TPSA) is 70.9 Å². The molecule has 1 aromatic heterocycles. The van der Waals surface area contributed by atoms with Crippen LogP contribution in [0.4, 0.5) is 0 Å². The standard InChI is InChI=1S/C17H17N3O2/c21-12-6-11-16-18-19-17(22)20(16)15-10-5-4-9-14(15)13-7-2-1-3-8-13/h1-5,7-10,21H,6,11-12H2,(H,19,22). The Balaban J connectivity index is 2.14. The molecule has 0 atom stereocenters. The lowest BCUT2D eigenvalue weighted by Crippen LogP contribution is -2.18. The normalized spacial score (nSPS) is 10.8. The molecule has 0 saturated carbocycles. The lowest BCUT2D eigenvalue weighted by atomic mass is 10.0. The first-order valence-electron chi connectivity index (χ1n) is 7.23. The number of aromatic amines is 1. The molecule has 112 valence electrons. The van der Waals surface area contributed by atoms with E-state index in [1.54, 1.807) is 4.57 Å². The van der Waals surface area contributed by atoms with Gasteiger partial charge in [-0.05, 0) is 18.1 Å². The number of aliphatic hydroxyl groups is 1. The van der Waals surface area contributed by atoms with Crippen molar-refractivity contribution in [2.45, 2.75) is 12.8 Å². The summed E-state index contributed by atoms with van der Waals surface area (Å²) in [4.78, 5) is 12.2. The SMILES string of the molecule is O=c1[nH]nc(CCCO)n1-c1ccccc1-c1ccccc1. The van der Waals surface area contributed by atoms with Gasteiger partial charge in [-0.15, -0.1) is 0 Å². The van der Waals surface area contributed by atoms with Crippen molar-refractivity contribution in [3.05, 3.63) is 70.9 Å². The molecule has 5 heteroatoms. The summed E-state index contributed by atoms with van der Waals surface area (Å²) in [5.41, 5.74) is 2.54. The van der Waals surface area contributed by atoms with E-state index < -0.39 is 0 Å².